The monoisotopic (exact) mass is 307 g/mol. The molecule has 0 aromatic heterocycles. The van der Waals surface area contributed by atoms with Crippen LogP contribution in [-0.2, 0) is 4.74 Å². The van der Waals surface area contributed by atoms with Crippen molar-refractivity contribution in [2.45, 2.75) is 52.3 Å². The second-order valence-corrected chi connectivity index (χ2v) is 6.64. The van der Waals surface area contributed by atoms with Crippen LogP contribution in [0.3, 0.4) is 0 Å². The molecular formula is C17H29N3O2. The Kier molecular flexibility index (Phi) is 6.23. The molecule has 5 heteroatoms. The predicted molar refractivity (Wildman–Crippen MR) is 91.3 cm³/mol. The van der Waals surface area contributed by atoms with E-state index in [0.29, 0.717) is 6.54 Å². The van der Waals surface area contributed by atoms with E-state index in [4.69, 9.17) is 10.5 Å². The van der Waals surface area contributed by atoms with Gasteiger partial charge in [-0.25, -0.2) is 4.79 Å². The molecule has 3 N–H and O–H groups in total. The molecule has 0 saturated heterocycles. The van der Waals surface area contributed by atoms with Crippen molar-refractivity contribution in [2.75, 3.05) is 18.5 Å². The standard InChI is InChI=1S/C17H29N3O2/c1-12-9-7-8-10-14(12)20(6)15(11-18)13(2)19-16(21)22-17(3,4)5/h7-10,13,15H,11,18H2,1-6H3,(H,19,21). The van der Waals surface area contributed by atoms with Crippen molar-refractivity contribution in [1.82, 2.24) is 5.32 Å². The number of hydrogen-bond acceptors (Lipinski definition) is 4. The van der Waals surface area contributed by atoms with Crippen LogP contribution in [0.2, 0.25) is 0 Å². The molecule has 0 radical (unpaired) electrons. The topological polar surface area (TPSA) is 67.6 Å². The van der Waals surface area contributed by atoms with Gasteiger partial charge in [0.05, 0.1) is 12.1 Å². The smallest absolute Gasteiger partial charge is 0.407 e. The fourth-order valence-corrected chi connectivity index (χ4v) is 2.43. The maximum atomic E-state index is 11.9. The van der Waals surface area contributed by atoms with Gasteiger partial charge in [-0.1, -0.05) is 18.2 Å². The van der Waals surface area contributed by atoms with Gasteiger partial charge >= 0.3 is 6.09 Å². The minimum absolute atomic E-state index is 0.0198. The lowest BCUT2D eigenvalue weighted by Crippen LogP contribution is -2.53. The number of anilines is 1. The third-order valence-electron chi connectivity index (χ3n) is 3.56. The van der Waals surface area contributed by atoms with E-state index in [-0.39, 0.29) is 12.1 Å². The molecule has 2 unspecified atom stereocenters. The number of nitrogens with two attached hydrogens (primary N) is 1. The summed E-state index contributed by atoms with van der Waals surface area (Å²) in [4.78, 5) is 14.0. The van der Waals surface area contributed by atoms with Crippen molar-refractivity contribution in [1.29, 1.82) is 0 Å². The zero-order chi connectivity index (χ0) is 16.9. The lowest BCUT2D eigenvalue weighted by atomic mass is 10.1. The molecule has 0 aliphatic carbocycles. The highest BCUT2D eigenvalue weighted by Gasteiger charge is 2.25. The zero-order valence-electron chi connectivity index (χ0n) is 14.5. The Morgan fingerprint density at radius 3 is 2.45 bits per heavy atom. The first-order valence-corrected chi connectivity index (χ1v) is 7.63. The van der Waals surface area contributed by atoms with Gasteiger partial charge in [0.25, 0.3) is 0 Å². The van der Waals surface area contributed by atoms with Gasteiger partial charge in [0.1, 0.15) is 5.60 Å². The third-order valence-corrected chi connectivity index (χ3v) is 3.56. The van der Waals surface area contributed by atoms with E-state index in [1.165, 1.54) is 5.56 Å². The number of nitrogens with one attached hydrogen (secondary N) is 1. The number of aryl methyl sites for hydroxylation is 1. The molecule has 2 atom stereocenters. The van der Waals surface area contributed by atoms with Crippen LogP contribution in [0.15, 0.2) is 24.3 Å². The van der Waals surface area contributed by atoms with Gasteiger partial charge < -0.3 is 20.7 Å². The molecule has 0 saturated carbocycles. The van der Waals surface area contributed by atoms with Crippen LogP contribution in [0.4, 0.5) is 10.5 Å². The van der Waals surface area contributed by atoms with Gasteiger partial charge in [-0.15, -0.1) is 0 Å². The van der Waals surface area contributed by atoms with Crippen LogP contribution >= 0.6 is 0 Å². The largest absolute Gasteiger partial charge is 0.444 e. The third kappa shape index (κ3) is 5.22. The summed E-state index contributed by atoms with van der Waals surface area (Å²) >= 11 is 0. The molecule has 124 valence electrons. The number of rotatable bonds is 5. The fraction of sp³-hybridized carbons (Fsp3) is 0.588. The van der Waals surface area contributed by atoms with Crippen LogP contribution in [-0.4, -0.2) is 37.4 Å². The lowest BCUT2D eigenvalue weighted by molar-refractivity contribution is 0.0502. The van der Waals surface area contributed by atoms with E-state index in [9.17, 15) is 4.79 Å². The highest BCUT2D eigenvalue weighted by atomic mass is 16.6. The van der Waals surface area contributed by atoms with Crippen LogP contribution in [0.5, 0.6) is 0 Å². The molecule has 0 heterocycles. The minimum atomic E-state index is -0.510. The number of amides is 1. The fourth-order valence-electron chi connectivity index (χ4n) is 2.43. The van der Waals surface area contributed by atoms with Crippen molar-refractivity contribution < 1.29 is 9.53 Å². The number of carbonyl (C=O) groups excluding carboxylic acids is 1. The second kappa shape index (κ2) is 7.49. The van der Waals surface area contributed by atoms with Crippen molar-refractivity contribution in [3.05, 3.63) is 29.8 Å². The van der Waals surface area contributed by atoms with E-state index in [0.717, 1.165) is 5.69 Å². The quantitative estimate of drug-likeness (QED) is 0.877. The van der Waals surface area contributed by atoms with E-state index in [1.54, 1.807) is 0 Å². The van der Waals surface area contributed by atoms with Crippen molar-refractivity contribution in [3.63, 3.8) is 0 Å². The summed E-state index contributed by atoms with van der Waals surface area (Å²) in [6.07, 6.45) is -0.420. The van der Waals surface area contributed by atoms with Crippen LogP contribution in [0, 0.1) is 6.92 Å². The summed E-state index contributed by atoms with van der Waals surface area (Å²) < 4.78 is 5.30. The number of alkyl carbamates (subject to hydrolysis) is 1. The lowest BCUT2D eigenvalue weighted by Gasteiger charge is -2.35. The number of ether oxygens (including phenoxy) is 1. The van der Waals surface area contributed by atoms with Gasteiger partial charge in [0.2, 0.25) is 0 Å². The summed E-state index contributed by atoms with van der Waals surface area (Å²) in [6.45, 7) is 9.97. The number of nitrogens with zero attached hydrogens (tertiary/aromatic N) is 1. The maximum Gasteiger partial charge on any atom is 0.407 e. The predicted octanol–water partition coefficient (Wildman–Crippen LogP) is 2.67. The van der Waals surface area contributed by atoms with Crippen LogP contribution in [0.1, 0.15) is 33.3 Å². The van der Waals surface area contributed by atoms with Gasteiger partial charge in [-0.3, -0.25) is 0 Å². The Morgan fingerprint density at radius 2 is 1.95 bits per heavy atom. The highest BCUT2D eigenvalue weighted by Crippen LogP contribution is 2.21. The minimum Gasteiger partial charge on any atom is -0.444 e. The van der Waals surface area contributed by atoms with Gasteiger partial charge in [0, 0.05) is 19.3 Å². The molecular weight excluding hydrogens is 278 g/mol. The SMILES string of the molecule is Cc1ccccc1N(C)C(CN)C(C)NC(=O)OC(C)(C)C. The van der Waals surface area contributed by atoms with E-state index >= 15 is 0 Å². The van der Waals surface area contributed by atoms with Crippen molar-refractivity contribution in [3.8, 4) is 0 Å². The Balaban J connectivity index is 2.78. The van der Waals surface area contributed by atoms with Crippen LogP contribution in [0.25, 0.3) is 0 Å². The Hall–Kier alpha value is -1.75. The number of para-hydroxylation sites is 1. The van der Waals surface area contributed by atoms with Gasteiger partial charge in [-0.2, -0.15) is 0 Å². The first-order valence-electron chi connectivity index (χ1n) is 7.63. The maximum absolute atomic E-state index is 11.9. The molecule has 0 aliphatic rings. The molecule has 1 aromatic carbocycles. The average molecular weight is 307 g/mol. The summed E-state index contributed by atoms with van der Waals surface area (Å²) in [5, 5.41) is 2.87. The molecule has 0 fully saturated rings. The van der Waals surface area contributed by atoms with Crippen LogP contribution < -0.4 is 16.0 Å². The zero-order valence-corrected chi connectivity index (χ0v) is 14.5. The van der Waals surface area contributed by atoms with E-state index in [2.05, 4.69) is 29.3 Å². The number of carbonyl (C=O) groups is 1. The Bertz CT molecular complexity index is 497. The Labute approximate surface area is 133 Å². The van der Waals surface area contributed by atoms with E-state index in [1.807, 2.05) is 46.9 Å². The molecule has 1 amide bonds. The normalized spacial score (nSPS) is 14.1. The summed E-state index contributed by atoms with van der Waals surface area (Å²) in [7, 11) is 1.99. The molecule has 0 bridgehead atoms. The number of hydrogen-bond donors (Lipinski definition) is 2. The highest BCUT2D eigenvalue weighted by molar-refractivity contribution is 5.68. The molecule has 22 heavy (non-hydrogen) atoms. The molecule has 5 nitrogen and oxygen atoms in total. The summed E-state index contributed by atoms with van der Waals surface area (Å²) in [6, 6.07) is 7.96. The first-order chi connectivity index (χ1) is 10.2. The number of likely N-dealkylation sites (N-methyl/N-ethyl adjacent to an activating group) is 1. The van der Waals surface area contributed by atoms with Crippen molar-refractivity contribution in [2.24, 2.45) is 5.73 Å². The van der Waals surface area contributed by atoms with Crippen molar-refractivity contribution >= 4 is 11.8 Å². The Morgan fingerprint density at radius 1 is 1.36 bits per heavy atom. The van der Waals surface area contributed by atoms with Gasteiger partial charge in [0.15, 0.2) is 0 Å². The van der Waals surface area contributed by atoms with Gasteiger partial charge in [-0.05, 0) is 46.2 Å². The summed E-state index contributed by atoms with van der Waals surface area (Å²) in [5.74, 6) is 0. The molecule has 0 spiro atoms. The number of benzene rings is 1. The molecule has 1 rings (SSSR count). The second-order valence-electron chi connectivity index (χ2n) is 6.64. The average Bonchev–Trinajstić information content (AvgIpc) is 2.37. The summed E-state index contributed by atoms with van der Waals surface area (Å²) in [5.41, 5.74) is 7.70. The van der Waals surface area contributed by atoms with E-state index < -0.39 is 11.7 Å². The molecule has 1 aromatic rings. The molecule has 0 aliphatic heterocycles. The first kappa shape index (κ1) is 18.3.